The average molecular weight is 348 g/mol. The third kappa shape index (κ3) is 4.47. The van der Waals surface area contributed by atoms with Crippen LogP contribution in [0.4, 0.5) is 0 Å². The number of nitrogens with zero attached hydrogens (tertiary/aromatic N) is 1. The fraction of sp³-hybridized carbons (Fsp3) is 0.692. The fourth-order valence-electron chi connectivity index (χ4n) is 2.62. The van der Waals surface area contributed by atoms with Crippen LogP contribution in [0.3, 0.4) is 0 Å². The number of H-pyrrole nitrogens is 1. The van der Waals surface area contributed by atoms with Gasteiger partial charge >= 0.3 is 5.69 Å². The van der Waals surface area contributed by atoms with Crippen LogP contribution in [-0.4, -0.2) is 58.5 Å². The maximum atomic E-state index is 11.9. The molecule has 3 N–H and O–H groups in total. The van der Waals surface area contributed by atoms with Crippen LogP contribution in [0.15, 0.2) is 21.9 Å². The average Bonchev–Trinajstić information content (AvgIpc) is 3.10. The van der Waals surface area contributed by atoms with Gasteiger partial charge < -0.3 is 24.0 Å². The van der Waals surface area contributed by atoms with Crippen molar-refractivity contribution in [2.75, 3.05) is 33.6 Å². The second-order valence-electron chi connectivity index (χ2n) is 5.50. The van der Waals surface area contributed by atoms with Crippen molar-refractivity contribution in [2.24, 2.45) is 5.92 Å². The molecule has 0 aromatic carbocycles. The van der Waals surface area contributed by atoms with Gasteiger partial charge in [0.2, 0.25) is 0 Å². The Hall–Kier alpha value is -1.09. The minimum Gasteiger partial charge on any atom is -0.382 e. The van der Waals surface area contributed by atoms with E-state index in [2.05, 4.69) is 4.98 Å². The lowest BCUT2D eigenvalue weighted by molar-refractivity contribution is -0.129. The molecule has 3 atom stereocenters. The highest BCUT2D eigenvalue weighted by atomic mass is 31.2. The van der Waals surface area contributed by atoms with Crippen molar-refractivity contribution in [1.29, 1.82) is 0 Å². The molecule has 1 aromatic heterocycles. The molecule has 0 aliphatic heterocycles. The largest absolute Gasteiger partial charge is 0.382 e. The van der Waals surface area contributed by atoms with Crippen molar-refractivity contribution in [3.63, 3.8) is 0 Å². The highest BCUT2D eigenvalue weighted by molar-refractivity contribution is 7.45. The number of hydrogen-bond donors (Lipinski definition) is 3. The molecule has 0 radical (unpaired) electrons. The normalized spacial score (nSPS) is 24.8. The molecule has 23 heavy (non-hydrogen) atoms. The van der Waals surface area contributed by atoms with Gasteiger partial charge in [-0.15, -0.1) is 0 Å². The van der Waals surface area contributed by atoms with Gasteiger partial charge in [-0.25, -0.2) is 4.79 Å². The maximum Gasteiger partial charge on any atom is 0.330 e. The molecule has 130 valence electrons. The Morgan fingerprint density at radius 2 is 2.17 bits per heavy atom. The zero-order valence-electron chi connectivity index (χ0n) is 13.0. The first-order chi connectivity index (χ1) is 10.9. The number of nitrogens with one attached hydrogen (secondary N) is 1. The van der Waals surface area contributed by atoms with E-state index in [1.165, 1.54) is 31.0 Å². The van der Waals surface area contributed by atoms with Gasteiger partial charge in [0, 0.05) is 38.6 Å². The third-order valence-corrected chi connectivity index (χ3v) is 4.56. The van der Waals surface area contributed by atoms with Crippen LogP contribution in [-0.2, 0) is 14.2 Å². The van der Waals surface area contributed by atoms with Gasteiger partial charge in [-0.1, -0.05) is 0 Å². The topological polar surface area (TPSA) is 123 Å². The quantitative estimate of drug-likeness (QED) is 0.509. The van der Waals surface area contributed by atoms with Crippen LogP contribution < -0.4 is 11.2 Å². The lowest BCUT2D eigenvalue weighted by atomic mass is 10.3. The van der Waals surface area contributed by atoms with Gasteiger partial charge in [-0.3, -0.25) is 14.3 Å². The Bertz CT molecular complexity index is 631. The van der Waals surface area contributed by atoms with Crippen molar-refractivity contribution in [1.82, 2.24) is 9.55 Å². The summed E-state index contributed by atoms with van der Waals surface area (Å²) in [5.41, 5.74) is -1.79. The smallest absolute Gasteiger partial charge is 0.330 e. The number of aromatic amines is 1. The van der Waals surface area contributed by atoms with Gasteiger partial charge in [-0.05, 0) is 6.42 Å². The monoisotopic (exact) mass is 348 g/mol. The molecule has 9 nitrogen and oxygen atoms in total. The summed E-state index contributed by atoms with van der Waals surface area (Å²) in [6.07, 6.45) is 1.40. The molecule has 1 aliphatic rings. The number of hydrogen-bond acceptors (Lipinski definition) is 7. The number of aromatic nitrogens is 2. The van der Waals surface area contributed by atoms with Crippen LogP contribution in [0.5, 0.6) is 0 Å². The Balaban J connectivity index is 2.20. The standard InChI is InChI=1S/C13H21N2O7P/c1-20-6-11(15-4-3-10(16)14-12(15)17)22-13(8-21-2)5-9(13)7-23(18)19/h3-4,9,11,18-19H,5-8H2,1-2H3,(H,14,16,17). The first-order valence-corrected chi connectivity index (χ1v) is 8.47. The Morgan fingerprint density at radius 3 is 2.74 bits per heavy atom. The molecule has 1 saturated carbocycles. The first kappa shape index (κ1) is 18.3. The SMILES string of the molecule is COCC(OC1(COC)CC1CP(O)O)n1ccc(=O)[nH]c1=O. The molecule has 3 unspecified atom stereocenters. The second kappa shape index (κ2) is 7.65. The van der Waals surface area contributed by atoms with Crippen LogP contribution in [0.1, 0.15) is 12.6 Å². The summed E-state index contributed by atoms with van der Waals surface area (Å²) < 4.78 is 17.5. The summed E-state index contributed by atoms with van der Waals surface area (Å²) >= 11 is 0. The van der Waals surface area contributed by atoms with Gasteiger partial charge in [0.15, 0.2) is 14.6 Å². The second-order valence-corrected chi connectivity index (χ2v) is 6.61. The predicted octanol–water partition coefficient (Wildman–Crippen LogP) is -0.600. The molecule has 0 saturated heterocycles. The molecule has 1 fully saturated rings. The van der Waals surface area contributed by atoms with Crippen molar-refractivity contribution in [2.45, 2.75) is 18.2 Å². The van der Waals surface area contributed by atoms with Crippen LogP contribution in [0, 0.1) is 5.92 Å². The van der Waals surface area contributed by atoms with Gasteiger partial charge in [0.05, 0.1) is 18.8 Å². The van der Waals surface area contributed by atoms with Gasteiger partial charge in [0.1, 0.15) is 0 Å². The molecule has 1 heterocycles. The van der Waals surface area contributed by atoms with E-state index in [1.807, 2.05) is 0 Å². The van der Waals surface area contributed by atoms with E-state index in [-0.39, 0.29) is 25.3 Å². The molecule has 1 aromatic rings. The zero-order chi connectivity index (χ0) is 17.0. The van der Waals surface area contributed by atoms with Gasteiger partial charge in [0.25, 0.3) is 5.56 Å². The van der Waals surface area contributed by atoms with Crippen LogP contribution >= 0.6 is 8.38 Å². The fourth-order valence-corrected chi connectivity index (χ4v) is 3.48. The van der Waals surface area contributed by atoms with E-state index < -0.39 is 31.5 Å². The van der Waals surface area contributed by atoms with E-state index in [0.29, 0.717) is 6.42 Å². The minimum atomic E-state index is -2.03. The number of methoxy groups -OCH3 is 2. The van der Waals surface area contributed by atoms with Crippen LogP contribution in [0.25, 0.3) is 0 Å². The van der Waals surface area contributed by atoms with Crippen molar-refractivity contribution >= 4 is 8.38 Å². The summed E-state index contributed by atoms with van der Waals surface area (Å²) in [5.74, 6) is -0.0682. The maximum absolute atomic E-state index is 11.9. The molecule has 1 aliphatic carbocycles. The molecule has 0 amide bonds. The van der Waals surface area contributed by atoms with E-state index >= 15 is 0 Å². The van der Waals surface area contributed by atoms with Crippen molar-refractivity contribution in [3.05, 3.63) is 33.1 Å². The molecular weight excluding hydrogens is 327 g/mol. The lowest BCUT2D eigenvalue weighted by Gasteiger charge is -2.26. The molecule has 0 spiro atoms. The molecule has 10 heteroatoms. The van der Waals surface area contributed by atoms with Crippen molar-refractivity contribution < 1.29 is 24.0 Å². The number of rotatable bonds is 9. The third-order valence-electron chi connectivity index (χ3n) is 3.79. The summed E-state index contributed by atoms with van der Waals surface area (Å²) in [4.78, 5) is 43.7. The van der Waals surface area contributed by atoms with Crippen LogP contribution in [0.2, 0.25) is 0 Å². The summed E-state index contributed by atoms with van der Waals surface area (Å²) in [6, 6.07) is 1.22. The summed E-state index contributed by atoms with van der Waals surface area (Å²) in [5, 5.41) is 0. The van der Waals surface area contributed by atoms with E-state index in [1.54, 1.807) is 0 Å². The lowest BCUT2D eigenvalue weighted by Crippen LogP contribution is -2.38. The van der Waals surface area contributed by atoms with E-state index in [9.17, 15) is 19.4 Å². The van der Waals surface area contributed by atoms with E-state index in [0.717, 1.165) is 0 Å². The summed E-state index contributed by atoms with van der Waals surface area (Å²) in [6.45, 7) is 0.357. The Labute approximate surface area is 133 Å². The summed E-state index contributed by atoms with van der Waals surface area (Å²) in [7, 11) is 0.973. The van der Waals surface area contributed by atoms with Gasteiger partial charge in [-0.2, -0.15) is 0 Å². The molecule has 0 bridgehead atoms. The van der Waals surface area contributed by atoms with E-state index in [4.69, 9.17) is 14.2 Å². The Kier molecular flexibility index (Phi) is 6.07. The minimum absolute atomic E-state index is 0.0682. The highest BCUT2D eigenvalue weighted by Crippen LogP contribution is 2.53. The van der Waals surface area contributed by atoms with Crippen molar-refractivity contribution in [3.8, 4) is 0 Å². The first-order valence-electron chi connectivity index (χ1n) is 7.04. The molecular formula is C13H21N2O7P. The predicted molar refractivity (Wildman–Crippen MR) is 82.3 cm³/mol. The zero-order valence-corrected chi connectivity index (χ0v) is 13.9. The highest BCUT2D eigenvalue weighted by Gasteiger charge is 2.57. The molecule has 2 rings (SSSR count). The number of ether oxygens (including phenoxy) is 3. The Morgan fingerprint density at radius 1 is 1.43 bits per heavy atom.